The van der Waals surface area contributed by atoms with E-state index in [2.05, 4.69) is 11.8 Å². The molecule has 0 aromatic carbocycles. The zero-order valence-corrected chi connectivity index (χ0v) is 12.4. The fourth-order valence-corrected chi connectivity index (χ4v) is 2.62. The topological polar surface area (TPSA) is 23.6 Å². The highest BCUT2D eigenvalue weighted by Gasteiger charge is 2.19. The van der Waals surface area contributed by atoms with Crippen molar-refractivity contribution in [2.75, 3.05) is 38.6 Å². The normalized spacial score (nSPS) is 17.1. The minimum Gasteiger partial charge on any atom is -0.340 e. The van der Waals surface area contributed by atoms with Crippen LogP contribution in [-0.2, 0) is 4.79 Å². The van der Waals surface area contributed by atoms with E-state index in [1.165, 1.54) is 25.7 Å². The predicted molar refractivity (Wildman–Crippen MR) is 77.1 cm³/mol. The highest BCUT2D eigenvalue weighted by molar-refractivity contribution is 6.18. The largest absolute Gasteiger partial charge is 0.340 e. The summed E-state index contributed by atoms with van der Waals surface area (Å²) in [5, 5.41) is 0. The lowest BCUT2D eigenvalue weighted by Gasteiger charge is -2.34. The Kier molecular flexibility index (Phi) is 8.44. The number of hydrogen-bond donors (Lipinski definition) is 0. The van der Waals surface area contributed by atoms with Gasteiger partial charge in [0.25, 0.3) is 0 Å². The fourth-order valence-electron chi connectivity index (χ4n) is 2.38. The summed E-state index contributed by atoms with van der Waals surface area (Å²) in [7, 11) is 0. The van der Waals surface area contributed by atoms with Crippen LogP contribution in [0.2, 0.25) is 0 Å². The number of hydrogen-bond acceptors (Lipinski definition) is 2. The van der Waals surface area contributed by atoms with Crippen LogP contribution in [-0.4, -0.2) is 54.3 Å². The molecule has 0 radical (unpaired) electrons. The summed E-state index contributed by atoms with van der Waals surface area (Å²) in [6, 6.07) is 0. The first kappa shape index (κ1) is 15.8. The molecule has 1 fully saturated rings. The van der Waals surface area contributed by atoms with Gasteiger partial charge in [-0.05, 0) is 6.42 Å². The molecule has 1 aliphatic rings. The molecule has 1 rings (SSSR count). The lowest BCUT2D eigenvalue weighted by molar-refractivity contribution is -0.133. The minimum atomic E-state index is 0.344. The molecule has 1 saturated heterocycles. The molecule has 18 heavy (non-hydrogen) atoms. The van der Waals surface area contributed by atoms with Gasteiger partial charge in [-0.3, -0.25) is 9.69 Å². The van der Waals surface area contributed by atoms with Crippen molar-refractivity contribution in [1.29, 1.82) is 0 Å². The Labute approximate surface area is 116 Å². The van der Waals surface area contributed by atoms with Crippen LogP contribution in [0.25, 0.3) is 0 Å². The first-order valence-corrected chi connectivity index (χ1v) is 7.87. The zero-order chi connectivity index (χ0) is 13.2. The van der Waals surface area contributed by atoms with E-state index in [1.54, 1.807) is 0 Å². The van der Waals surface area contributed by atoms with Gasteiger partial charge in [-0.25, -0.2) is 0 Å². The summed E-state index contributed by atoms with van der Waals surface area (Å²) in [5.41, 5.74) is 0. The van der Waals surface area contributed by atoms with E-state index in [1.807, 2.05) is 4.90 Å². The Morgan fingerprint density at radius 1 is 1.06 bits per heavy atom. The van der Waals surface area contributed by atoms with Gasteiger partial charge in [0, 0.05) is 45.0 Å². The number of carbonyl (C=O) groups excluding carboxylic acids is 1. The maximum atomic E-state index is 12.0. The molecule has 4 heteroatoms. The molecule has 1 aliphatic heterocycles. The minimum absolute atomic E-state index is 0.344. The van der Waals surface area contributed by atoms with Gasteiger partial charge in [0.2, 0.25) is 5.91 Å². The molecule has 106 valence electrons. The maximum absolute atomic E-state index is 12.0. The SMILES string of the molecule is CCCCCCCC(=O)N1CCN(CCCl)CC1. The monoisotopic (exact) mass is 274 g/mol. The van der Waals surface area contributed by atoms with Gasteiger partial charge in [0.1, 0.15) is 0 Å². The van der Waals surface area contributed by atoms with E-state index in [-0.39, 0.29) is 0 Å². The standard InChI is InChI=1S/C14H27ClN2O/c1-2-3-4-5-6-7-14(18)17-12-10-16(9-8-15)11-13-17/h2-13H2,1H3. The van der Waals surface area contributed by atoms with Gasteiger partial charge in [-0.2, -0.15) is 0 Å². The molecule has 0 bridgehead atoms. The van der Waals surface area contributed by atoms with E-state index >= 15 is 0 Å². The van der Waals surface area contributed by atoms with Crippen LogP contribution in [0.15, 0.2) is 0 Å². The molecule has 0 N–H and O–H groups in total. The Morgan fingerprint density at radius 2 is 1.72 bits per heavy atom. The van der Waals surface area contributed by atoms with Crippen molar-refractivity contribution in [2.24, 2.45) is 0 Å². The highest BCUT2D eigenvalue weighted by Crippen LogP contribution is 2.09. The van der Waals surface area contributed by atoms with Crippen molar-refractivity contribution in [3.8, 4) is 0 Å². The molecule has 0 spiro atoms. The van der Waals surface area contributed by atoms with Crippen molar-refractivity contribution >= 4 is 17.5 Å². The molecule has 0 aromatic heterocycles. The van der Waals surface area contributed by atoms with E-state index in [9.17, 15) is 4.79 Å². The first-order chi connectivity index (χ1) is 8.77. The second-order valence-electron chi connectivity index (χ2n) is 5.08. The average molecular weight is 275 g/mol. The Balaban J connectivity index is 2.08. The second kappa shape index (κ2) is 9.62. The lowest BCUT2D eigenvalue weighted by Crippen LogP contribution is -2.49. The summed E-state index contributed by atoms with van der Waals surface area (Å²) in [5.74, 6) is 1.03. The van der Waals surface area contributed by atoms with Crippen LogP contribution in [0.1, 0.15) is 45.4 Å². The molecule has 0 saturated carbocycles. The number of amides is 1. The summed E-state index contributed by atoms with van der Waals surface area (Å²) in [6.45, 7) is 6.88. The smallest absolute Gasteiger partial charge is 0.222 e. The lowest BCUT2D eigenvalue weighted by atomic mass is 10.1. The number of halogens is 1. The van der Waals surface area contributed by atoms with Gasteiger partial charge in [0.05, 0.1) is 0 Å². The van der Waals surface area contributed by atoms with E-state index in [0.29, 0.717) is 11.8 Å². The first-order valence-electron chi connectivity index (χ1n) is 7.34. The van der Waals surface area contributed by atoms with E-state index in [4.69, 9.17) is 11.6 Å². The third-order valence-electron chi connectivity index (χ3n) is 3.62. The summed E-state index contributed by atoms with van der Waals surface area (Å²) in [6.07, 6.45) is 6.82. The molecule has 0 aromatic rings. The molecular weight excluding hydrogens is 248 g/mol. The molecular formula is C14H27ClN2O. The van der Waals surface area contributed by atoms with Crippen LogP contribution in [0.5, 0.6) is 0 Å². The number of rotatable bonds is 8. The Morgan fingerprint density at radius 3 is 2.33 bits per heavy atom. The Bertz CT molecular complexity index is 228. The van der Waals surface area contributed by atoms with Crippen LogP contribution in [0.3, 0.4) is 0 Å². The molecule has 0 unspecified atom stereocenters. The highest BCUT2D eigenvalue weighted by atomic mass is 35.5. The third kappa shape index (κ3) is 6.05. The summed E-state index contributed by atoms with van der Waals surface area (Å²) >= 11 is 5.72. The number of carbonyl (C=O) groups is 1. The number of piperazine rings is 1. The van der Waals surface area contributed by atoms with Crippen LogP contribution in [0.4, 0.5) is 0 Å². The van der Waals surface area contributed by atoms with Gasteiger partial charge in [-0.15, -0.1) is 11.6 Å². The van der Waals surface area contributed by atoms with Crippen LogP contribution in [0, 0.1) is 0 Å². The predicted octanol–water partition coefficient (Wildman–Crippen LogP) is 2.73. The Hall–Kier alpha value is -0.280. The molecule has 0 atom stereocenters. The van der Waals surface area contributed by atoms with Crippen molar-refractivity contribution in [2.45, 2.75) is 45.4 Å². The molecule has 1 amide bonds. The van der Waals surface area contributed by atoms with Crippen LogP contribution >= 0.6 is 11.6 Å². The second-order valence-corrected chi connectivity index (χ2v) is 5.45. The van der Waals surface area contributed by atoms with Crippen molar-refractivity contribution in [3.05, 3.63) is 0 Å². The molecule has 0 aliphatic carbocycles. The van der Waals surface area contributed by atoms with Crippen molar-refractivity contribution < 1.29 is 4.79 Å². The van der Waals surface area contributed by atoms with Crippen LogP contribution < -0.4 is 0 Å². The molecule has 3 nitrogen and oxygen atoms in total. The number of nitrogens with zero attached hydrogens (tertiary/aromatic N) is 2. The average Bonchev–Trinajstić information content (AvgIpc) is 2.39. The fraction of sp³-hybridized carbons (Fsp3) is 0.929. The third-order valence-corrected chi connectivity index (χ3v) is 3.79. The quantitative estimate of drug-likeness (QED) is 0.502. The summed E-state index contributed by atoms with van der Waals surface area (Å²) in [4.78, 5) is 16.3. The maximum Gasteiger partial charge on any atom is 0.222 e. The zero-order valence-electron chi connectivity index (χ0n) is 11.7. The van der Waals surface area contributed by atoms with Crippen molar-refractivity contribution in [3.63, 3.8) is 0 Å². The number of alkyl halides is 1. The molecule has 1 heterocycles. The van der Waals surface area contributed by atoms with Gasteiger partial charge >= 0.3 is 0 Å². The van der Waals surface area contributed by atoms with Gasteiger partial charge in [0.15, 0.2) is 0 Å². The van der Waals surface area contributed by atoms with Gasteiger partial charge in [-0.1, -0.05) is 32.6 Å². The number of unbranched alkanes of at least 4 members (excludes halogenated alkanes) is 4. The van der Waals surface area contributed by atoms with Gasteiger partial charge < -0.3 is 4.90 Å². The van der Waals surface area contributed by atoms with E-state index < -0.39 is 0 Å². The summed E-state index contributed by atoms with van der Waals surface area (Å²) < 4.78 is 0. The van der Waals surface area contributed by atoms with E-state index in [0.717, 1.165) is 45.6 Å². The van der Waals surface area contributed by atoms with Crippen molar-refractivity contribution in [1.82, 2.24) is 9.80 Å².